The molecular weight excluding hydrogens is 432 g/mol. The summed E-state index contributed by atoms with van der Waals surface area (Å²) in [5.74, 6) is 0.538. The number of methoxy groups -OCH3 is 2. The molecule has 1 unspecified atom stereocenters. The van der Waals surface area contributed by atoms with Crippen LogP contribution in [0.25, 0.3) is 10.6 Å². The molecule has 0 aliphatic rings. The smallest absolute Gasteiger partial charge is 0.358 e. The number of hydrogen-bond donors (Lipinski definition) is 1. The Bertz CT molecular complexity index is 1100. The van der Waals surface area contributed by atoms with Gasteiger partial charge in [-0.2, -0.15) is 0 Å². The van der Waals surface area contributed by atoms with Gasteiger partial charge in [0, 0.05) is 10.9 Å². The zero-order valence-corrected chi connectivity index (χ0v) is 19.0. The zero-order chi connectivity index (χ0) is 23.1. The van der Waals surface area contributed by atoms with Gasteiger partial charge in [0.2, 0.25) is 0 Å². The summed E-state index contributed by atoms with van der Waals surface area (Å²) < 4.78 is 21.4. The molecule has 0 aliphatic carbocycles. The quantitative estimate of drug-likeness (QED) is 0.477. The molecular formula is C23H24N2O6S. The zero-order valence-electron chi connectivity index (χ0n) is 18.2. The second-order valence-corrected chi connectivity index (χ2v) is 7.43. The molecule has 8 nitrogen and oxygen atoms in total. The molecule has 0 bridgehead atoms. The lowest BCUT2D eigenvalue weighted by atomic mass is 10.2. The summed E-state index contributed by atoms with van der Waals surface area (Å²) in [5, 5.41) is 4.92. The van der Waals surface area contributed by atoms with Crippen LogP contribution in [0.3, 0.4) is 0 Å². The average Bonchev–Trinajstić information content (AvgIpc) is 3.30. The maximum atomic E-state index is 12.5. The maximum Gasteiger partial charge on any atom is 0.358 e. The molecule has 1 amide bonds. The molecule has 1 aromatic heterocycles. The van der Waals surface area contributed by atoms with E-state index in [1.165, 1.54) is 18.3 Å². The largest absolute Gasteiger partial charge is 0.493 e. The Morgan fingerprint density at radius 3 is 2.53 bits per heavy atom. The standard InChI is InChI=1S/C23H24N2O6S/c1-5-30-18-9-7-6-8-16(18)24-21(26)14(2)31-23(27)17-13-32-22(25-17)15-10-11-19(28-3)20(12-15)29-4/h6-14H,5H2,1-4H3,(H,24,26). The number of amides is 1. The maximum absolute atomic E-state index is 12.5. The molecule has 0 spiro atoms. The predicted molar refractivity (Wildman–Crippen MR) is 122 cm³/mol. The van der Waals surface area contributed by atoms with Gasteiger partial charge in [-0.1, -0.05) is 12.1 Å². The van der Waals surface area contributed by atoms with Crippen molar-refractivity contribution < 1.29 is 28.5 Å². The molecule has 1 N–H and O–H groups in total. The Morgan fingerprint density at radius 1 is 1.06 bits per heavy atom. The fraction of sp³-hybridized carbons (Fsp3) is 0.261. The number of ether oxygens (including phenoxy) is 4. The lowest BCUT2D eigenvalue weighted by Gasteiger charge is -2.15. The Kier molecular flexibility index (Phi) is 7.67. The lowest BCUT2D eigenvalue weighted by Crippen LogP contribution is -2.30. The van der Waals surface area contributed by atoms with Crippen LogP contribution in [0.2, 0.25) is 0 Å². The highest BCUT2D eigenvalue weighted by Gasteiger charge is 2.22. The SMILES string of the molecule is CCOc1ccccc1NC(=O)C(C)OC(=O)c1csc(-c2ccc(OC)c(OC)c2)n1. The molecule has 3 aromatic rings. The summed E-state index contributed by atoms with van der Waals surface area (Å²) >= 11 is 1.28. The molecule has 1 heterocycles. The summed E-state index contributed by atoms with van der Waals surface area (Å²) in [6.07, 6.45) is -1.02. The fourth-order valence-corrected chi connectivity index (χ4v) is 3.62. The van der Waals surface area contributed by atoms with Crippen molar-refractivity contribution in [3.63, 3.8) is 0 Å². The molecule has 9 heteroatoms. The van der Waals surface area contributed by atoms with Gasteiger partial charge in [0.15, 0.2) is 23.3 Å². The van der Waals surface area contributed by atoms with Gasteiger partial charge in [-0.05, 0) is 44.2 Å². The number of thiazole rings is 1. The van der Waals surface area contributed by atoms with Gasteiger partial charge < -0.3 is 24.3 Å². The summed E-state index contributed by atoms with van der Waals surface area (Å²) in [6.45, 7) is 3.81. The Morgan fingerprint density at radius 2 is 1.81 bits per heavy atom. The van der Waals surface area contributed by atoms with Crippen molar-refractivity contribution >= 4 is 28.9 Å². The van der Waals surface area contributed by atoms with Gasteiger partial charge in [0.25, 0.3) is 5.91 Å². The number of benzene rings is 2. The van der Waals surface area contributed by atoms with Gasteiger partial charge in [-0.15, -0.1) is 11.3 Å². The van der Waals surface area contributed by atoms with E-state index >= 15 is 0 Å². The number of rotatable bonds is 9. The highest BCUT2D eigenvalue weighted by atomic mass is 32.1. The highest BCUT2D eigenvalue weighted by Crippen LogP contribution is 2.33. The normalized spacial score (nSPS) is 11.4. The van der Waals surface area contributed by atoms with E-state index in [9.17, 15) is 9.59 Å². The summed E-state index contributed by atoms with van der Waals surface area (Å²) in [4.78, 5) is 29.4. The molecule has 0 radical (unpaired) electrons. The summed E-state index contributed by atoms with van der Waals surface area (Å²) in [6, 6.07) is 12.4. The van der Waals surface area contributed by atoms with E-state index in [4.69, 9.17) is 18.9 Å². The number of para-hydroxylation sites is 2. The molecule has 2 aromatic carbocycles. The summed E-state index contributed by atoms with van der Waals surface area (Å²) in [5.41, 5.74) is 1.39. The minimum absolute atomic E-state index is 0.120. The minimum atomic E-state index is -1.02. The van der Waals surface area contributed by atoms with Gasteiger partial charge in [-0.25, -0.2) is 9.78 Å². The number of carbonyl (C=O) groups excluding carboxylic acids is 2. The molecule has 32 heavy (non-hydrogen) atoms. The first kappa shape index (κ1) is 23.1. The predicted octanol–water partition coefficient (Wildman–Crippen LogP) is 4.41. The average molecular weight is 457 g/mol. The molecule has 0 saturated heterocycles. The number of aromatic nitrogens is 1. The number of esters is 1. The topological polar surface area (TPSA) is 96.0 Å². The van der Waals surface area contributed by atoms with Gasteiger partial charge in [0.05, 0.1) is 26.5 Å². The van der Waals surface area contributed by atoms with Crippen molar-refractivity contribution in [2.45, 2.75) is 20.0 Å². The number of anilines is 1. The van der Waals surface area contributed by atoms with Crippen molar-refractivity contribution in [3.05, 3.63) is 53.5 Å². The first-order chi connectivity index (χ1) is 15.5. The van der Waals surface area contributed by atoms with Crippen LogP contribution in [0.15, 0.2) is 47.8 Å². The van der Waals surface area contributed by atoms with Crippen molar-refractivity contribution in [2.75, 3.05) is 26.1 Å². The van der Waals surface area contributed by atoms with E-state index < -0.39 is 18.0 Å². The molecule has 0 fully saturated rings. The number of nitrogens with zero attached hydrogens (tertiary/aromatic N) is 1. The van der Waals surface area contributed by atoms with Crippen molar-refractivity contribution in [3.8, 4) is 27.8 Å². The Hall–Kier alpha value is -3.59. The van der Waals surface area contributed by atoms with Gasteiger partial charge >= 0.3 is 5.97 Å². The highest BCUT2D eigenvalue weighted by molar-refractivity contribution is 7.13. The van der Waals surface area contributed by atoms with E-state index in [1.54, 1.807) is 49.9 Å². The first-order valence-electron chi connectivity index (χ1n) is 9.88. The first-order valence-corrected chi connectivity index (χ1v) is 10.8. The van der Waals surface area contributed by atoms with E-state index in [2.05, 4.69) is 10.3 Å². The monoisotopic (exact) mass is 456 g/mol. The molecule has 168 valence electrons. The Balaban J connectivity index is 1.66. The fourth-order valence-electron chi connectivity index (χ4n) is 2.83. The lowest BCUT2D eigenvalue weighted by molar-refractivity contribution is -0.123. The second kappa shape index (κ2) is 10.6. The van der Waals surface area contributed by atoms with Crippen LogP contribution >= 0.6 is 11.3 Å². The minimum Gasteiger partial charge on any atom is -0.493 e. The molecule has 1 atom stereocenters. The third-order valence-electron chi connectivity index (χ3n) is 4.44. The van der Waals surface area contributed by atoms with Crippen LogP contribution in [0.1, 0.15) is 24.3 Å². The van der Waals surface area contributed by atoms with Crippen molar-refractivity contribution in [1.82, 2.24) is 4.98 Å². The van der Waals surface area contributed by atoms with Crippen LogP contribution in [0, 0.1) is 0 Å². The van der Waals surface area contributed by atoms with Crippen LogP contribution in [0.5, 0.6) is 17.2 Å². The van der Waals surface area contributed by atoms with E-state index in [1.807, 2.05) is 19.1 Å². The summed E-state index contributed by atoms with van der Waals surface area (Å²) in [7, 11) is 3.10. The number of carbonyl (C=O) groups is 2. The van der Waals surface area contributed by atoms with E-state index in [0.29, 0.717) is 34.6 Å². The third-order valence-corrected chi connectivity index (χ3v) is 5.33. The van der Waals surface area contributed by atoms with Crippen LogP contribution in [-0.2, 0) is 9.53 Å². The second-order valence-electron chi connectivity index (χ2n) is 6.57. The molecule has 0 saturated carbocycles. The van der Waals surface area contributed by atoms with Crippen molar-refractivity contribution in [2.24, 2.45) is 0 Å². The van der Waals surface area contributed by atoms with E-state index in [0.717, 1.165) is 5.56 Å². The van der Waals surface area contributed by atoms with Gasteiger partial charge in [-0.3, -0.25) is 4.79 Å². The van der Waals surface area contributed by atoms with Gasteiger partial charge in [0.1, 0.15) is 10.8 Å². The Labute approximate surface area is 190 Å². The van der Waals surface area contributed by atoms with Crippen LogP contribution in [0.4, 0.5) is 5.69 Å². The van der Waals surface area contributed by atoms with E-state index in [-0.39, 0.29) is 5.69 Å². The third kappa shape index (κ3) is 5.36. The van der Waals surface area contributed by atoms with Crippen LogP contribution in [-0.4, -0.2) is 43.8 Å². The number of hydrogen-bond acceptors (Lipinski definition) is 8. The van der Waals surface area contributed by atoms with Crippen molar-refractivity contribution in [1.29, 1.82) is 0 Å². The van der Waals surface area contributed by atoms with Crippen LogP contribution < -0.4 is 19.5 Å². The number of nitrogens with one attached hydrogen (secondary N) is 1. The molecule has 0 aliphatic heterocycles. The molecule has 3 rings (SSSR count).